The molecule has 0 fully saturated rings. The number of aliphatic hydroxyl groups excluding tert-OH is 1. The van der Waals surface area contributed by atoms with Crippen LogP contribution in [0, 0.1) is 22.1 Å². The minimum atomic E-state index is -1.38. The zero-order valence-corrected chi connectivity index (χ0v) is 30.6. The molecule has 8 nitrogen and oxygen atoms in total. The minimum absolute atomic E-state index is 0.105. The van der Waals surface area contributed by atoms with E-state index < -0.39 is 41.4 Å². The first-order valence-electron chi connectivity index (χ1n) is 16.2. The van der Waals surface area contributed by atoms with E-state index in [4.69, 9.17) is 4.74 Å². The van der Waals surface area contributed by atoms with Gasteiger partial charge in [-0.1, -0.05) is 26.0 Å². The monoisotopic (exact) mass is 777 g/mol. The molecule has 3 aromatic rings. The molecule has 0 aliphatic heterocycles. The number of nitrogens with one attached hydrogen (secondary N) is 1. The van der Waals surface area contributed by atoms with Crippen LogP contribution in [0.15, 0.2) is 60.7 Å². The predicted molar refractivity (Wildman–Crippen MR) is 191 cm³/mol. The lowest BCUT2D eigenvalue weighted by Gasteiger charge is -2.32. The van der Waals surface area contributed by atoms with Gasteiger partial charge in [-0.25, -0.2) is 13.6 Å². The Hall–Kier alpha value is -3.58. The lowest BCUT2D eigenvalue weighted by atomic mass is 9.99. The van der Waals surface area contributed by atoms with Crippen molar-refractivity contribution in [3.05, 3.63) is 104 Å². The third kappa shape index (κ3) is 12.1. The topological polar surface area (TPSA) is 99.2 Å². The number of rotatable bonds is 14. The molecule has 0 aliphatic carbocycles. The molecule has 11 heteroatoms. The Kier molecular flexibility index (Phi) is 14.3. The summed E-state index contributed by atoms with van der Waals surface area (Å²) in [6, 6.07) is 14.3. The Morgan fingerprint density at radius 1 is 0.896 bits per heavy atom. The van der Waals surface area contributed by atoms with Crippen LogP contribution in [0.5, 0.6) is 0 Å². The number of carbonyl (C=O) groups excluding carboxylic acids is 3. The van der Waals surface area contributed by atoms with Crippen LogP contribution >= 0.6 is 22.6 Å². The van der Waals surface area contributed by atoms with Crippen molar-refractivity contribution >= 4 is 40.5 Å². The van der Waals surface area contributed by atoms with Gasteiger partial charge in [0, 0.05) is 40.4 Å². The van der Waals surface area contributed by atoms with Crippen molar-refractivity contribution in [1.82, 2.24) is 15.1 Å². The van der Waals surface area contributed by atoms with Crippen LogP contribution in [0.4, 0.5) is 13.6 Å². The second-order valence-electron chi connectivity index (χ2n) is 13.0. The summed E-state index contributed by atoms with van der Waals surface area (Å²) in [6.07, 6.45) is -0.631. The molecule has 48 heavy (non-hydrogen) atoms. The van der Waals surface area contributed by atoms with Crippen LogP contribution in [-0.4, -0.2) is 70.2 Å². The van der Waals surface area contributed by atoms with E-state index in [1.807, 2.05) is 38.1 Å². The van der Waals surface area contributed by atoms with Gasteiger partial charge in [0.2, 0.25) is 0 Å². The van der Waals surface area contributed by atoms with E-state index in [0.717, 1.165) is 40.2 Å². The Morgan fingerprint density at radius 3 is 2.10 bits per heavy atom. The van der Waals surface area contributed by atoms with E-state index in [1.165, 1.54) is 11.0 Å². The van der Waals surface area contributed by atoms with Gasteiger partial charge in [-0.3, -0.25) is 9.59 Å². The molecule has 3 rings (SSSR count). The Morgan fingerprint density at radius 2 is 1.52 bits per heavy atom. The molecule has 0 radical (unpaired) electrons. The number of aryl methyl sites for hydroxylation is 1. The zero-order chi connectivity index (χ0) is 35.6. The molecule has 0 saturated carbocycles. The molecule has 0 heterocycles. The highest BCUT2D eigenvalue weighted by Gasteiger charge is 2.30. The Balaban J connectivity index is 1.96. The standard InChI is InChI=1S/C37H46F2IN3O5/c1-7-12-42(13-8-2)35(46)28-15-24(3)14-27(20-28)34(45)41-32(19-26-16-29(38)21-30(39)17-26)33(44)23-43(36(47)48-37(4,5)6)22-25-10-9-11-31(40)18-25/h9-11,14-18,20-21,32-33,44H,7-8,12-13,19,22-23H2,1-6H3,(H,41,45). The van der Waals surface area contributed by atoms with Crippen LogP contribution < -0.4 is 5.32 Å². The third-order valence-corrected chi connectivity index (χ3v) is 8.01. The van der Waals surface area contributed by atoms with Gasteiger partial charge in [-0.2, -0.15) is 0 Å². The molecule has 0 aliphatic rings. The maximum absolute atomic E-state index is 14.2. The molecule has 3 aromatic carbocycles. The van der Waals surface area contributed by atoms with Gasteiger partial charge in [0.25, 0.3) is 11.8 Å². The van der Waals surface area contributed by atoms with E-state index in [9.17, 15) is 28.3 Å². The average molecular weight is 778 g/mol. The summed E-state index contributed by atoms with van der Waals surface area (Å²) in [5.74, 6) is -2.38. The normalized spacial score (nSPS) is 12.6. The first-order chi connectivity index (χ1) is 22.6. The van der Waals surface area contributed by atoms with Crippen molar-refractivity contribution < 1.29 is 33.0 Å². The second-order valence-corrected chi connectivity index (χ2v) is 14.2. The number of benzene rings is 3. The van der Waals surface area contributed by atoms with E-state index >= 15 is 0 Å². The van der Waals surface area contributed by atoms with Crippen molar-refractivity contribution in [3.63, 3.8) is 0 Å². The quantitative estimate of drug-likeness (QED) is 0.168. The number of aliphatic hydroxyl groups is 1. The number of halogens is 3. The predicted octanol–water partition coefficient (Wildman–Crippen LogP) is 7.28. The third-order valence-electron chi connectivity index (χ3n) is 7.34. The zero-order valence-electron chi connectivity index (χ0n) is 28.5. The molecule has 260 valence electrons. The number of carbonyl (C=O) groups is 3. The lowest BCUT2D eigenvalue weighted by molar-refractivity contribution is 0.00837. The first-order valence-corrected chi connectivity index (χ1v) is 17.2. The fraction of sp³-hybridized carbons (Fsp3) is 0.432. The summed E-state index contributed by atoms with van der Waals surface area (Å²) >= 11 is 2.17. The number of hydrogen-bond donors (Lipinski definition) is 2. The molecule has 0 bridgehead atoms. The second kappa shape index (κ2) is 17.7. The van der Waals surface area contributed by atoms with Crippen LogP contribution in [0.1, 0.15) is 84.9 Å². The fourth-order valence-electron chi connectivity index (χ4n) is 5.33. The molecular formula is C37H46F2IN3O5. The average Bonchev–Trinajstić information content (AvgIpc) is 2.98. The maximum atomic E-state index is 14.2. The molecule has 0 spiro atoms. The summed E-state index contributed by atoms with van der Waals surface area (Å²) in [4.78, 5) is 43.6. The summed E-state index contributed by atoms with van der Waals surface area (Å²) in [7, 11) is 0. The Bertz CT molecular complexity index is 1550. The van der Waals surface area contributed by atoms with Crippen molar-refractivity contribution in [3.8, 4) is 0 Å². The lowest BCUT2D eigenvalue weighted by Crippen LogP contribution is -2.51. The van der Waals surface area contributed by atoms with Gasteiger partial charge in [-0.15, -0.1) is 0 Å². The summed E-state index contributed by atoms with van der Waals surface area (Å²) in [6.45, 7) is 12.0. The van der Waals surface area contributed by atoms with Crippen molar-refractivity contribution in [2.75, 3.05) is 19.6 Å². The molecule has 2 N–H and O–H groups in total. The van der Waals surface area contributed by atoms with Gasteiger partial charge < -0.3 is 25.0 Å². The largest absolute Gasteiger partial charge is 0.444 e. The highest BCUT2D eigenvalue weighted by Crippen LogP contribution is 2.19. The van der Waals surface area contributed by atoms with E-state index in [1.54, 1.807) is 44.7 Å². The van der Waals surface area contributed by atoms with Crippen LogP contribution in [0.25, 0.3) is 0 Å². The minimum Gasteiger partial charge on any atom is -0.444 e. The van der Waals surface area contributed by atoms with Crippen LogP contribution in [0.2, 0.25) is 0 Å². The highest BCUT2D eigenvalue weighted by molar-refractivity contribution is 14.1. The van der Waals surface area contributed by atoms with Crippen LogP contribution in [0.3, 0.4) is 0 Å². The molecule has 2 atom stereocenters. The van der Waals surface area contributed by atoms with Gasteiger partial charge in [0.1, 0.15) is 17.2 Å². The summed E-state index contributed by atoms with van der Waals surface area (Å²) < 4.78 is 35.0. The Labute approximate surface area is 296 Å². The van der Waals surface area contributed by atoms with Crippen molar-refractivity contribution in [2.45, 2.75) is 85.1 Å². The smallest absolute Gasteiger partial charge is 0.410 e. The highest BCUT2D eigenvalue weighted by atomic mass is 127. The summed E-state index contributed by atoms with van der Waals surface area (Å²) in [5.41, 5.74) is 1.43. The van der Waals surface area contributed by atoms with Crippen LogP contribution in [-0.2, 0) is 17.7 Å². The molecular weight excluding hydrogens is 731 g/mol. The molecule has 2 unspecified atom stereocenters. The van der Waals surface area contributed by atoms with Crippen molar-refractivity contribution in [2.24, 2.45) is 0 Å². The maximum Gasteiger partial charge on any atom is 0.410 e. The van der Waals surface area contributed by atoms with Gasteiger partial charge in [0.15, 0.2) is 0 Å². The molecule has 0 saturated heterocycles. The summed E-state index contributed by atoms with van der Waals surface area (Å²) in [5, 5.41) is 14.4. The van der Waals surface area contributed by atoms with E-state index in [2.05, 4.69) is 27.9 Å². The van der Waals surface area contributed by atoms with Gasteiger partial charge in [0.05, 0.1) is 18.7 Å². The first kappa shape index (κ1) is 38.9. The molecule has 3 amide bonds. The SMILES string of the molecule is CCCN(CCC)C(=O)c1cc(C)cc(C(=O)NC(Cc2cc(F)cc(F)c2)C(O)CN(Cc2cccc(I)c2)C(=O)OC(C)(C)C)c1. The van der Waals surface area contributed by atoms with E-state index in [-0.39, 0.29) is 36.5 Å². The molecule has 0 aromatic heterocycles. The number of amides is 3. The number of nitrogens with zero attached hydrogens (tertiary/aromatic N) is 2. The number of ether oxygens (including phenoxy) is 1. The van der Waals surface area contributed by atoms with Crippen molar-refractivity contribution in [1.29, 1.82) is 0 Å². The van der Waals surface area contributed by atoms with Gasteiger partial charge >= 0.3 is 6.09 Å². The fourth-order valence-corrected chi connectivity index (χ4v) is 5.94. The van der Waals surface area contributed by atoms with E-state index in [0.29, 0.717) is 24.2 Å². The van der Waals surface area contributed by atoms with Gasteiger partial charge in [-0.05, 0) is 129 Å². The number of hydrogen-bond acceptors (Lipinski definition) is 5.